The standard InChI is InChI=1S/C8H11N3O3/c1-6(2)7(12)5-10-4-3-8(9-10)11(13)14/h3-4,6H,5H2,1-2H3. The molecule has 1 aromatic rings. The molecule has 0 aromatic carbocycles. The van der Waals surface area contributed by atoms with Gasteiger partial charge in [0.25, 0.3) is 0 Å². The van der Waals surface area contributed by atoms with Crippen molar-refractivity contribution in [2.75, 3.05) is 0 Å². The van der Waals surface area contributed by atoms with Gasteiger partial charge in [0.15, 0.2) is 5.78 Å². The van der Waals surface area contributed by atoms with Gasteiger partial charge in [-0.05, 0) is 4.92 Å². The van der Waals surface area contributed by atoms with Crippen LogP contribution in [0.15, 0.2) is 12.3 Å². The van der Waals surface area contributed by atoms with E-state index in [1.807, 2.05) is 0 Å². The molecule has 1 rings (SSSR count). The van der Waals surface area contributed by atoms with E-state index in [2.05, 4.69) is 5.10 Å². The van der Waals surface area contributed by atoms with Crippen molar-refractivity contribution in [1.82, 2.24) is 9.78 Å². The molecule has 0 saturated heterocycles. The van der Waals surface area contributed by atoms with Crippen LogP contribution in [0.4, 0.5) is 5.82 Å². The molecule has 0 unspecified atom stereocenters. The van der Waals surface area contributed by atoms with E-state index in [1.54, 1.807) is 13.8 Å². The maximum absolute atomic E-state index is 11.3. The van der Waals surface area contributed by atoms with Gasteiger partial charge in [-0.1, -0.05) is 13.8 Å². The van der Waals surface area contributed by atoms with Crippen LogP contribution in [0.3, 0.4) is 0 Å². The SMILES string of the molecule is CC(C)C(=O)Cn1ccc([N+](=O)[O-])n1. The second-order valence-electron chi connectivity index (χ2n) is 3.25. The lowest BCUT2D eigenvalue weighted by Crippen LogP contribution is -2.15. The highest BCUT2D eigenvalue weighted by atomic mass is 16.6. The molecule has 0 bridgehead atoms. The third kappa shape index (κ3) is 2.38. The van der Waals surface area contributed by atoms with Gasteiger partial charge in [0.1, 0.15) is 6.54 Å². The molecule has 1 heterocycles. The number of nitrogens with zero attached hydrogens (tertiary/aromatic N) is 3. The van der Waals surface area contributed by atoms with Crippen LogP contribution in [-0.2, 0) is 11.3 Å². The molecule has 0 radical (unpaired) electrons. The minimum atomic E-state index is -0.587. The van der Waals surface area contributed by atoms with Crippen LogP contribution in [0.1, 0.15) is 13.8 Å². The first kappa shape index (κ1) is 10.4. The van der Waals surface area contributed by atoms with Crippen LogP contribution in [-0.4, -0.2) is 20.5 Å². The first-order chi connectivity index (χ1) is 6.50. The van der Waals surface area contributed by atoms with Gasteiger partial charge >= 0.3 is 5.82 Å². The maximum Gasteiger partial charge on any atom is 0.389 e. The van der Waals surface area contributed by atoms with Gasteiger partial charge in [0, 0.05) is 5.92 Å². The van der Waals surface area contributed by atoms with E-state index in [1.165, 1.54) is 16.9 Å². The monoisotopic (exact) mass is 197 g/mol. The second kappa shape index (κ2) is 3.99. The number of hydrogen-bond donors (Lipinski definition) is 0. The number of Topliss-reactive ketones (excluding diaryl/α,β-unsaturated/α-hetero) is 1. The molecule has 0 amide bonds. The molecule has 0 N–H and O–H groups in total. The molecule has 6 nitrogen and oxygen atoms in total. The maximum atomic E-state index is 11.3. The van der Waals surface area contributed by atoms with Gasteiger partial charge in [-0.15, -0.1) is 0 Å². The Balaban J connectivity index is 2.69. The summed E-state index contributed by atoms with van der Waals surface area (Å²) >= 11 is 0. The van der Waals surface area contributed by atoms with Crippen LogP contribution in [0.25, 0.3) is 0 Å². The van der Waals surface area contributed by atoms with E-state index in [0.717, 1.165) is 0 Å². The first-order valence-electron chi connectivity index (χ1n) is 4.21. The van der Waals surface area contributed by atoms with Crippen molar-refractivity contribution >= 4 is 11.6 Å². The zero-order valence-corrected chi connectivity index (χ0v) is 8.01. The number of ketones is 1. The number of nitro groups is 1. The van der Waals surface area contributed by atoms with Crippen LogP contribution < -0.4 is 0 Å². The summed E-state index contributed by atoms with van der Waals surface area (Å²) in [5.41, 5.74) is 0. The molecule has 0 spiro atoms. The van der Waals surface area contributed by atoms with Gasteiger partial charge in [-0.2, -0.15) is 4.68 Å². The minimum absolute atomic E-state index is 0.00278. The van der Waals surface area contributed by atoms with Crippen molar-refractivity contribution in [3.05, 3.63) is 22.4 Å². The Kier molecular flexibility index (Phi) is 2.95. The van der Waals surface area contributed by atoms with Crippen molar-refractivity contribution in [1.29, 1.82) is 0 Å². The largest absolute Gasteiger partial charge is 0.389 e. The minimum Gasteiger partial charge on any atom is -0.358 e. The molecule has 1 aromatic heterocycles. The fraction of sp³-hybridized carbons (Fsp3) is 0.500. The van der Waals surface area contributed by atoms with E-state index in [-0.39, 0.29) is 24.1 Å². The molecule has 14 heavy (non-hydrogen) atoms. The lowest BCUT2D eigenvalue weighted by Gasteiger charge is -2.00. The van der Waals surface area contributed by atoms with Crippen molar-refractivity contribution in [2.24, 2.45) is 5.92 Å². The Labute approximate surface area is 80.7 Å². The summed E-state index contributed by atoms with van der Waals surface area (Å²) < 4.78 is 1.28. The average molecular weight is 197 g/mol. The smallest absolute Gasteiger partial charge is 0.358 e. The highest BCUT2D eigenvalue weighted by Gasteiger charge is 2.14. The van der Waals surface area contributed by atoms with Gasteiger partial charge in [-0.25, -0.2) is 0 Å². The molecular weight excluding hydrogens is 186 g/mol. The zero-order valence-electron chi connectivity index (χ0n) is 8.01. The molecule has 6 heteroatoms. The highest BCUT2D eigenvalue weighted by Crippen LogP contribution is 2.06. The van der Waals surface area contributed by atoms with Crippen LogP contribution in [0.5, 0.6) is 0 Å². The van der Waals surface area contributed by atoms with E-state index in [4.69, 9.17) is 0 Å². The van der Waals surface area contributed by atoms with Crippen molar-refractivity contribution in [3.63, 3.8) is 0 Å². The molecule has 0 aliphatic carbocycles. The lowest BCUT2D eigenvalue weighted by atomic mass is 10.1. The number of rotatable bonds is 4. The Morgan fingerprint density at radius 1 is 1.71 bits per heavy atom. The quantitative estimate of drug-likeness (QED) is 0.533. The van der Waals surface area contributed by atoms with Crippen LogP contribution >= 0.6 is 0 Å². The topological polar surface area (TPSA) is 78.0 Å². The fourth-order valence-electron chi connectivity index (χ4n) is 0.879. The predicted molar refractivity (Wildman–Crippen MR) is 48.7 cm³/mol. The number of aromatic nitrogens is 2. The summed E-state index contributed by atoms with van der Waals surface area (Å²) in [6, 6.07) is 1.27. The van der Waals surface area contributed by atoms with E-state index >= 15 is 0 Å². The number of carbonyl (C=O) groups excluding carboxylic acids is 1. The Bertz CT molecular complexity index is 356. The number of carbonyl (C=O) groups is 1. The molecular formula is C8H11N3O3. The van der Waals surface area contributed by atoms with Gasteiger partial charge < -0.3 is 10.1 Å². The zero-order chi connectivity index (χ0) is 10.7. The normalized spacial score (nSPS) is 10.5. The van der Waals surface area contributed by atoms with Crippen molar-refractivity contribution in [2.45, 2.75) is 20.4 Å². The van der Waals surface area contributed by atoms with Gasteiger partial charge in [0.05, 0.1) is 17.4 Å². The van der Waals surface area contributed by atoms with Gasteiger partial charge in [-0.3, -0.25) is 4.79 Å². The number of hydrogen-bond acceptors (Lipinski definition) is 4. The second-order valence-corrected chi connectivity index (χ2v) is 3.25. The molecule has 0 saturated carbocycles. The molecule has 76 valence electrons. The Morgan fingerprint density at radius 2 is 2.36 bits per heavy atom. The third-order valence-corrected chi connectivity index (χ3v) is 1.78. The van der Waals surface area contributed by atoms with E-state index in [9.17, 15) is 14.9 Å². The van der Waals surface area contributed by atoms with Crippen LogP contribution in [0, 0.1) is 16.0 Å². The van der Waals surface area contributed by atoms with Gasteiger partial charge in [0.2, 0.25) is 0 Å². The molecule has 0 aliphatic rings. The van der Waals surface area contributed by atoms with E-state index in [0.29, 0.717) is 0 Å². The fourth-order valence-corrected chi connectivity index (χ4v) is 0.879. The van der Waals surface area contributed by atoms with Crippen molar-refractivity contribution < 1.29 is 9.72 Å². The van der Waals surface area contributed by atoms with Crippen molar-refractivity contribution in [3.8, 4) is 0 Å². The summed E-state index contributed by atoms with van der Waals surface area (Å²) in [6.07, 6.45) is 1.43. The average Bonchev–Trinajstić information content (AvgIpc) is 2.52. The first-order valence-corrected chi connectivity index (χ1v) is 4.21. The molecule has 0 aliphatic heterocycles. The Hall–Kier alpha value is -1.72. The third-order valence-electron chi connectivity index (χ3n) is 1.78. The highest BCUT2D eigenvalue weighted by molar-refractivity contribution is 5.79. The molecule has 0 fully saturated rings. The van der Waals surface area contributed by atoms with E-state index < -0.39 is 4.92 Å². The summed E-state index contributed by atoms with van der Waals surface area (Å²) in [5, 5.41) is 13.9. The Morgan fingerprint density at radius 3 is 2.79 bits per heavy atom. The predicted octanol–water partition coefficient (Wildman–Crippen LogP) is 1.02. The summed E-state index contributed by atoms with van der Waals surface area (Å²) in [6.45, 7) is 3.64. The lowest BCUT2D eigenvalue weighted by molar-refractivity contribution is -0.389. The van der Waals surface area contributed by atoms with Crippen LogP contribution in [0.2, 0.25) is 0 Å². The summed E-state index contributed by atoms with van der Waals surface area (Å²) in [4.78, 5) is 21.0. The summed E-state index contributed by atoms with van der Waals surface area (Å²) in [7, 11) is 0. The summed E-state index contributed by atoms with van der Waals surface area (Å²) in [5.74, 6) is -0.317. The molecule has 0 atom stereocenters.